The summed E-state index contributed by atoms with van der Waals surface area (Å²) in [5.74, 6) is -0.228. The van der Waals surface area contributed by atoms with Gasteiger partial charge in [-0.25, -0.2) is 4.98 Å². The molecule has 1 aromatic carbocycles. The fraction of sp³-hybridized carbons (Fsp3) is 0.370. The van der Waals surface area contributed by atoms with E-state index >= 15 is 4.39 Å². The Morgan fingerprint density at radius 1 is 1.09 bits per heavy atom. The average molecular weight is 476 g/mol. The Morgan fingerprint density at radius 2 is 1.89 bits per heavy atom. The molecule has 1 fully saturated rings. The van der Waals surface area contributed by atoms with Crippen molar-refractivity contribution in [3.63, 3.8) is 0 Å². The van der Waals surface area contributed by atoms with Crippen molar-refractivity contribution >= 4 is 11.7 Å². The van der Waals surface area contributed by atoms with E-state index in [4.69, 9.17) is 15.5 Å². The number of anilines is 1. The van der Waals surface area contributed by atoms with Gasteiger partial charge in [0.05, 0.1) is 17.0 Å². The molecule has 2 aromatic heterocycles. The van der Waals surface area contributed by atoms with Crippen LogP contribution in [0.15, 0.2) is 36.4 Å². The van der Waals surface area contributed by atoms with E-state index in [-0.39, 0.29) is 11.7 Å². The summed E-state index contributed by atoms with van der Waals surface area (Å²) in [6.07, 6.45) is 2.65. The maximum Gasteiger partial charge on any atom is 0.251 e. The highest BCUT2D eigenvalue weighted by Gasteiger charge is 2.23. The van der Waals surface area contributed by atoms with Gasteiger partial charge < -0.3 is 20.7 Å². The molecule has 0 atom stereocenters. The van der Waals surface area contributed by atoms with Crippen molar-refractivity contribution in [2.24, 2.45) is 0 Å². The van der Waals surface area contributed by atoms with Crippen LogP contribution in [0.3, 0.4) is 0 Å². The minimum absolute atomic E-state index is 0.0778. The number of ether oxygens (including phenoxy) is 1. The molecule has 0 saturated carbocycles. The van der Waals surface area contributed by atoms with E-state index in [0.29, 0.717) is 41.4 Å². The van der Waals surface area contributed by atoms with Gasteiger partial charge in [0.15, 0.2) is 0 Å². The molecule has 5 rings (SSSR count). The first kappa shape index (κ1) is 23.4. The Balaban J connectivity index is 1.56. The summed E-state index contributed by atoms with van der Waals surface area (Å²) < 4.78 is 20.6. The van der Waals surface area contributed by atoms with E-state index in [1.807, 2.05) is 32.3 Å². The highest BCUT2D eigenvalue weighted by atomic mass is 19.1. The van der Waals surface area contributed by atoms with Crippen LogP contribution >= 0.6 is 0 Å². The van der Waals surface area contributed by atoms with Gasteiger partial charge in [-0.1, -0.05) is 18.2 Å². The van der Waals surface area contributed by atoms with Gasteiger partial charge in [0.25, 0.3) is 5.91 Å². The van der Waals surface area contributed by atoms with Gasteiger partial charge in [0.2, 0.25) is 5.95 Å². The van der Waals surface area contributed by atoms with Crippen molar-refractivity contribution in [2.75, 3.05) is 39.6 Å². The molecule has 1 saturated heterocycles. The Hall–Kier alpha value is -3.36. The zero-order valence-electron chi connectivity index (χ0n) is 20.1. The van der Waals surface area contributed by atoms with Gasteiger partial charge in [0.1, 0.15) is 5.82 Å². The van der Waals surface area contributed by atoms with Gasteiger partial charge in [0, 0.05) is 37.4 Å². The average Bonchev–Trinajstić information content (AvgIpc) is 2.84. The first-order valence-corrected chi connectivity index (χ1v) is 12.0. The highest BCUT2D eigenvalue weighted by Crippen LogP contribution is 2.35. The summed E-state index contributed by atoms with van der Waals surface area (Å²) in [5.41, 5.74) is 12.2. The molecular formula is C27H30FN5O2. The predicted molar refractivity (Wildman–Crippen MR) is 133 cm³/mol. The van der Waals surface area contributed by atoms with Gasteiger partial charge in [-0.05, 0) is 74.2 Å². The van der Waals surface area contributed by atoms with Crippen molar-refractivity contribution in [3.05, 3.63) is 64.7 Å². The predicted octanol–water partition coefficient (Wildman–Crippen LogP) is 3.77. The maximum absolute atomic E-state index is 15.1. The second-order valence-electron chi connectivity index (χ2n) is 9.49. The lowest BCUT2D eigenvalue weighted by Gasteiger charge is -2.25. The fourth-order valence-electron chi connectivity index (χ4n) is 4.98. The molecule has 7 nitrogen and oxygen atoms in total. The number of nitrogens with two attached hydrogens (primary N) is 1. The summed E-state index contributed by atoms with van der Waals surface area (Å²) in [4.78, 5) is 23.1. The maximum atomic E-state index is 15.1. The lowest BCUT2D eigenvalue weighted by atomic mass is 9.89. The molecule has 2 aliphatic heterocycles. The summed E-state index contributed by atoms with van der Waals surface area (Å²) in [6, 6.07) is 11.2. The van der Waals surface area contributed by atoms with Gasteiger partial charge in [-0.2, -0.15) is 4.39 Å². The lowest BCUT2D eigenvalue weighted by Crippen LogP contribution is -2.31. The molecule has 4 heterocycles. The first-order valence-electron chi connectivity index (χ1n) is 12.0. The molecule has 1 amide bonds. The normalized spacial score (nSPS) is 16.3. The van der Waals surface area contributed by atoms with Crippen LogP contribution in [0.1, 0.15) is 45.9 Å². The third-order valence-corrected chi connectivity index (χ3v) is 6.76. The van der Waals surface area contributed by atoms with Crippen LogP contribution in [-0.4, -0.2) is 54.6 Å². The molecule has 2 aliphatic rings. The number of hydrogen-bond acceptors (Lipinski definition) is 6. The number of carbonyl (C=O) groups is 1. The van der Waals surface area contributed by atoms with E-state index < -0.39 is 5.95 Å². The minimum Gasteiger partial charge on any atom is -0.383 e. The van der Waals surface area contributed by atoms with Crippen LogP contribution in [0.4, 0.5) is 10.2 Å². The second kappa shape index (κ2) is 9.71. The van der Waals surface area contributed by atoms with Crippen LogP contribution in [-0.2, 0) is 17.7 Å². The number of nitrogens with zero attached hydrogens (tertiary/aromatic N) is 3. The number of pyridine rings is 2. The van der Waals surface area contributed by atoms with Crippen LogP contribution in [0, 0.1) is 5.95 Å². The molecule has 0 radical (unpaired) electrons. The van der Waals surface area contributed by atoms with Crippen molar-refractivity contribution in [1.82, 2.24) is 20.2 Å². The SMILES string of the molecule is CN(C)Cc1nc(-c2cc(-c3ccc4c(c3)CCNC4=O)c(N)nc2F)ccc1C1CCOCC1. The Kier molecular flexibility index (Phi) is 6.49. The largest absolute Gasteiger partial charge is 0.383 e. The number of carbonyl (C=O) groups excluding carboxylic acids is 1. The Bertz CT molecular complexity index is 1270. The molecule has 0 aliphatic carbocycles. The molecule has 35 heavy (non-hydrogen) atoms. The number of hydrogen-bond donors (Lipinski definition) is 2. The zero-order valence-corrected chi connectivity index (χ0v) is 20.1. The van der Waals surface area contributed by atoms with Crippen molar-refractivity contribution in [2.45, 2.75) is 31.7 Å². The van der Waals surface area contributed by atoms with Crippen molar-refractivity contribution in [3.8, 4) is 22.4 Å². The zero-order chi connectivity index (χ0) is 24.5. The fourth-order valence-corrected chi connectivity index (χ4v) is 4.98. The van der Waals surface area contributed by atoms with Gasteiger partial charge in [-0.3, -0.25) is 9.78 Å². The minimum atomic E-state index is -0.647. The summed E-state index contributed by atoms with van der Waals surface area (Å²) in [7, 11) is 4.00. The molecule has 0 bridgehead atoms. The van der Waals surface area contributed by atoms with E-state index in [0.717, 1.165) is 49.3 Å². The van der Waals surface area contributed by atoms with E-state index in [1.54, 1.807) is 12.1 Å². The molecule has 3 aromatic rings. The lowest BCUT2D eigenvalue weighted by molar-refractivity contribution is 0.0849. The third kappa shape index (κ3) is 4.76. The molecule has 8 heteroatoms. The van der Waals surface area contributed by atoms with E-state index in [2.05, 4.69) is 21.3 Å². The summed E-state index contributed by atoms with van der Waals surface area (Å²) >= 11 is 0. The van der Waals surface area contributed by atoms with E-state index in [9.17, 15) is 4.79 Å². The number of fused-ring (bicyclic) bond motifs is 1. The number of aromatic nitrogens is 2. The first-order chi connectivity index (χ1) is 16.9. The number of halogens is 1. The Labute approximate surface area is 204 Å². The molecular weight excluding hydrogens is 445 g/mol. The molecule has 0 spiro atoms. The highest BCUT2D eigenvalue weighted by molar-refractivity contribution is 5.97. The van der Waals surface area contributed by atoms with Gasteiger partial charge in [-0.15, -0.1) is 0 Å². The van der Waals surface area contributed by atoms with Crippen LogP contribution in [0.5, 0.6) is 0 Å². The second-order valence-corrected chi connectivity index (χ2v) is 9.49. The van der Waals surface area contributed by atoms with Crippen LogP contribution in [0.25, 0.3) is 22.4 Å². The number of nitrogens with one attached hydrogen (secondary N) is 1. The summed E-state index contributed by atoms with van der Waals surface area (Å²) in [5, 5.41) is 2.85. The van der Waals surface area contributed by atoms with Gasteiger partial charge >= 0.3 is 0 Å². The molecule has 0 unspecified atom stereocenters. The van der Waals surface area contributed by atoms with Crippen molar-refractivity contribution < 1.29 is 13.9 Å². The number of amides is 1. The van der Waals surface area contributed by atoms with E-state index in [1.165, 1.54) is 5.56 Å². The number of nitrogen functional groups attached to an aromatic ring is 1. The monoisotopic (exact) mass is 475 g/mol. The Morgan fingerprint density at radius 3 is 2.66 bits per heavy atom. The quantitative estimate of drug-likeness (QED) is 0.546. The van der Waals surface area contributed by atoms with Crippen LogP contribution in [0.2, 0.25) is 0 Å². The third-order valence-electron chi connectivity index (χ3n) is 6.76. The van der Waals surface area contributed by atoms with Crippen LogP contribution < -0.4 is 11.1 Å². The number of benzene rings is 1. The summed E-state index contributed by atoms with van der Waals surface area (Å²) in [6.45, 7) is 2.74. The molecule has 182 valence electrons. The molecule has 3 N–H and O–H groups in total. The topological polar surface area (TPSA) is 93.4 Å². The number of rotatable bonds is 5. The smallest absolute Gasteiger partial charge is 0.251 e. The van der Waals surface area contributed by atoms with Crippen molar-refractivity contribution in [1.29, 1.82) is 0 Å². The standard InChI is InChI=1S/C27H30FN5O2/c1-33(2)15-24-19(16-8-11-35-12-9-16)5-6-23(31-24)22-14-21(26(29)32-25(22)28)17-3-4-20-18(13-17)7-10-30-27(20)34/h3-6,13-14,16H,7-12,15H2,1-2H3,(H2,29,32)(H,30,34).